The fourth-order valence-electron chi connectivity index (χ4n) is 5.15. The molecule has 0 aromatic heterocycles. The van der Waals surface area contributed by atoms with Crippen LogP contribution in [0.1, 0.15) is 110 Å². The molecule has 3 aromatic carbocycles. The summed E-state index contributed by atoms with van der Waals surface area (Å²) in [6.07, 6.45) is 20.9. The van der Waals surface area contributed by atoms with Crippen LogP contribution in [0.3, 0.4) is 0 Å². The lowest BCUT2D eigenvalue weighted by molar-refractivity contribution is 0.379. The highest BCUT2D eigenvalue weighted by molar-refractivity contribution is 7.53. The van der Waals surface area contributed by atoms with E-state index >= 15 is 0 Å². The molecule has 1 atom stereocenters. The molecule has 36 heavy (non-hydrogen) atoms. The maximum Gasteiger partial charge on any atom is 0.376 e. The van der Waals surface area contributed by atoms with E-state index in [1.165, 1.54) is 83.5 Å². The van der Waals surface area contributed by atoms with Crippen LogP contribution in [-0.4, -0.2) is 11.1 Å². The third-order valence-electron chi connectivity index (χ3n) is 7.27. The van der Waals surface area contributed by atoms with Crippen molar-refractivity contribution in [2.24, 2.45) is 0 Å². The lowest BCUT2D eigenvalue weighted by Gasteiger charge is -2.16. The van der Waals surface area contributed by atoms with Crippen molar-refractivity contribution in [2.75, 3.05) is 6.16 Å². The van der Waals surface area contributed by atoms with Gasteiger partial charge in [0.15, 0.2) is 0 Å². The fraction of sp³-hybridized carbons (Fsp3) is 0.562. The summed E-state index contributed by atoms with van der Waals surface area (Å²) in [4.78, 5) is 10.5. The molecule has 3 aromatic rings. The van der Waals surface area contributed by atoms with Crippen molar-refractivity contribution >= 4 is 29.1 Å². The molecule has 0 heterocycles. The normalized spacial score (nSPS) is 13.3. The lowest BCUT2D eigenvalue weighted by atomic mass is 10.0. The summed E-state index contributed by atoms with van der Waals surface area (Å²) in [6, 6.07) is 17.9. The van der Waals surface area contributed by atoms with Crippen LogP contribution in [0.15, 0.2) is 54.6 Å². The largest absolute Gasteiger partial charge is 0.424 e. The SMILES string of the molecule is CCCCCCCCCCCCCCCCCCP(=O)(O)Oc1cc2ccccc2c2ccccc12. The summed E-state index contributed by atoms with van der Waals surface area (Å²) in [5, 5.41) is 4.09. The van der Waals surface area contributed by atoms with Crippen LogP contribution < -0.4 is 4.52 Å². The average molecular weight is 511 g/mol. The maximum absolute atomic E-state index is 12.8. The summed E-state index contributed by atoms with van der Waals surface area (Å²) in [7, 11) is -3.68. The van der Waals surface area contributed by atoms with E-state index in [2.05, 4.69) is 13.0 Å². The molecule has 0 saturated heterocycles. The van der Waals surface area contributed by atoms with E-state index in [-0.39, 0.29) is 6.16 Å². The molecule has 0 bridgehead atoms. The second-order valence-electron chi connectivity index (χ2n) is 10.4. The Labute approximate surface area is 219 Å². The van der Waals surface area contributed by atoms with Gasteiger partial charge in [0.1, 0.15) is 5.75 Å². The lowest BCUT2D eigenvalue weighted by Crippen LogP contribution is -1.98. The van der Waals surface area contributed by atoms with E-state index in [0.29, 0.717) is 5.75 Å². The van der Waals surface area contributed by atoms with Crippen LogP contribution in [0.25, 0.3) is 21.5 Å². The number of hydrogen-bond acceptors (Lipinski definition) is 2. The third-order valence-corrected chi connectivity index (χ3v) is 8.63. The van der Waals surface area contributed by atoms with Crippen molar-refractivity contribution < 1.29 is 14.0 Å². The van der Waals surface area contributed by atoms with Crippen molar-refractivity contribution in [3.63, 3.8) is 0 Å². The zero-order chi connectivity index (χ0) is 25.5. The van der Waals surface area contributed by atoms with Crippen LogP contribution in [-0.2, 0) is 4.57 Å². The first-order chi connectivity index (χ1) is 17.6. The minimum absolute atomic E-state index is 0.215. The Bertz CT molecular complexity index is 1080. The Morgan fingerprint density at radius 3 is 1.61 bits per heavy atom. The van der Waals surface area contributed by atoms with Crippen molar-refractivity contribution in [1.82, 2.24) is 0 Å². The summed E-state index contributed by atoms with van der Waals surface area (Å²) >= 11 is 0. The molecule has 0 amide bonds. The predicted molar refractivity (Wildman–Crippen MR) is 156 cm³/mol. The van der Waals surface area contributed by atoms with E-state index in [4.69, 9.17) is 4.52 Å². The number of rotatable bonds is 19. The van der Waals surface area contributed by atoms with Crippen molar-refractivity contribution in [1.29, 1.82) is 0 Å². The highest BCUT2D eigenvalue weighted by Crippen LogP contribution is 2.46. The first kappa shape index (κ1) is 28.7. The molecule has 1 unspecified atom stereocenters. The molecule has 198 valence electrons. The number of fused-ring (bicyclic) bond motifs is 3. The Kier molecular flexibility index (Phi) is 12.9. The van der Waals surface area contributed by atoms with Gasteiger partial charge in [-0.25, -0.2) is 4.57 Å². The molecular weight excluding hydrogens is 463 g/mol. The topological polar surface area (TPSA) is 46.5 Å². The van der Waals surface area contributed by atoms with Gasteiger partial charge in [-0.1, -0.05) is 152 Å². The van der Waals surface area contributed by atoms with Crippen LogP contribution in [0.4, 0.5) is 0 Å². The van der Waals surface area contributed by atoms with Gasteiger partial charge in [-0.05, 0) is 28.6 Å². The summed E-state index contributed by atoms with van der Waals surface area (Å²) < 4.78 is 18.6. The minimum Gasteiger partial charge on any atom is -0.424 e. The summed E-state index contributed by atoms with van der Waals surface area (Å²) in [6.45, 7) is 2.28. The monoisotopic (exact) mass is 510 g/mol. The van der Waals surface area contributed by atoms with Gasteiger partial charge in [-0.2, -0.15) is 0 Å². The first-order valence-electron chi connectivity index (χ1n) is 14.5. The third kappa shape index (κ3) is 9.91. The molecule has 0 aliphatic carbocycles. The zero-order valence-corrected chi connectivity index (χ0v) is 23.3. The van der Waals surface area contributed by atoms with Gasteiger partial charge in [0, 0.05) is 5.39 Å². The predicted octanol–water partition coefficient (Wildman–Crippen LogP) is 10.8. The van der Waals surface area contributed by atoms with Gasteiger partial charge in [0.25, 0.3) is 0 Å². The van der Waals surface area contributed by atoms with Gasteiger partial charge < -0.3 is 9.42 Å². The van der Waals surface area contributed by atoms with E-state index in [0.717, 1.165) is 40.8 Å². The number of unbranched alkanes of at least 4 members (excludes halogenated alkanes) is 15. The second-order valence-corrected chi connectivity index (χ2v) is 12.3. The van der Waals surface area contributed by atoms with Crippen molar-refractivity contribution in [3.05, 3.63) is 54.6 Å². The molecule has 4 heteroatoms. The van der Waals surface area contributed by atoms with Crippen LogP contribution in [0.5, 0.6) is 5.75 Å². The molecule has 3 nitrogen and oxygen atoms in total. The Morgan fingerprint density at radius 1 is 0.611 bits per heavy atom. The molecule has 0 aliphatic heterocycles. The quantitative estimate of drug-likeness (QED) is 0.0991. The van der Waals surface area contributed by atoms with E-state index in [9.17, 15) is 9.46 Å². The van der Waals surface area contributed by atoms with Gasteiger partial charge >= 0.3 is 7.60 Å². The van der Waals surface area contributed by atoms with Crippen LogP contribution in [0, 0.1) is 0 Å². The Balaban J connectivity index is 1.28. The number of hydrogen-bond donors (Lipinski definition) is 1. The zero-order valence-electron chi connectivity index (χ0n) is 22.4. The maximum atomic E-state index is 12.8. The molecule has 0 fully saturated rings. The number of benzene rings is 3. The average Bonchev–Trinajstić information content (AvgIpc) is 2.88. The van der Waals surface area contributed by atoms with Crippen molar-refractivity contribution in [2.45, 2.75) is 110 Å². The van der Waals surface area contributed by atoms with E-state index < -0.39 is 7.60 Å². The minimum atomic E-state index is -3.68. The molecule has 1 N–H and O–H groups in total. The Hall–Kier alpha value is -1.83. The fourth-order valence-corrected chi connectivity index (χ4v) is 6.33. The van der Waals surface area contributed by atoms with Gasteiger partial charge in [0.05, 0.1) is 6.16 Å². The molecule has 0 radical (unpaired) electrons. The summed E-state index contributed by atoms with van der Waals surface area (Å²) in [5.41, 5.74) is 0. The highest BCUT2D eigenvalue weighted by Gasteiger charge is 2.22. The molecular formula is C32H47O3P. The van der Waals surface area contributed by atoms with Gasteiger partial charge in [-0.3, -0.25) is 0 Å². The smallest absolute Gasteiger partial charge is 0.376 e. The van der Waals surface area contributed by atoms with E-state index in [1.54, 1.807) is 0 Å². The molecule has 0 saturated carbocycles. The standard InChI is InChI=1S/C32H47O3P/c1-2-3-4-5-6-7-8-9-10-11-12-13-14-15-16-21-26-36(33,34)35-32-27-28-22-17-18-23-29(28)30-24-19-20-25-31(30)32/h17-20,22-25,27H,2-16,21,26H2,1H3,(H,33,34). The van der Waals surface area contributed by atoms with Crippen LogP contribution >= 0.6 is 7.60 Å². The van der Waals surface area contributed by atoms with E-state index in [1.807, 2.05) is 48.5 Å². The molecule has 0 spiro atoms. The Morgan fingerprint density at radius 2 is 1.06 bits per heavy atom. The second kappa shape index (κ2) is 16.1. The molecule has 0 aliphatic rings. The van der Waals surface area contributed by atoms with Crippen LogP contribution in [0.2, 0.25) is 0 Å². The highest BCUT2D eigenvalue weighted by atomic mass is 31.2. The van der Waals surface area contributed by atoms with Gasteiger partial charge in [0.2, 0.25) is 0 Å². The van der Waals surface area contributed by atoms with Crippen molar-refractivity contribution in [3.8, 4) is 5.75 Å². The van der Waals surface area contributed by atoms with Gasteiger partial charge in [-0.15, -0.1) is 0 Å². The first-order valence-corrected chi connectivity index (χ1v) is 16.3. The molecule has 3 rings (SSSR count). The summed E-state index contributed by atoms with van der Waals surface area (Å²) in [5.74, 6) is 0.506.